The first-order valence-electron chi connectivity index (χ1n) is 6.55. The molecule has 0 aliphatic rings. The van der Waals surface area contributed by atoms with Gasteiger partial charge in [-0.3, -0.25) is 4.57 Å². The Labute approximate surface area is 145 Å². The molecule has 3 rings (SSSR count). The Bertz CT molecular complexity index is 854. The van der Waals surface area contributed by atoms with E-state index >= 15 is 0 Å². The van der Waals surface area contributed by atoms with Crippen molar-refractivity contribution >= 4 is 35.8 Å². The largest absolute Gasteiger partial charge is 0.322 e. The first kappa shape index (κ1) is 18.9. The Morgan fingerprint density at radius 3 is 2.39 bits per heavy atom. The van der Waals surface area contributed by atoms with E-state index in [-0.39, 0.29) is 36.4 Å². The van der Waals surface area contributed by atoms with Crippen LogP contribution in [0.4, 0.5) is 4.39 Å². The topological polar surface area (TPSA) is 67.6 Å². The van der Waals surface area contributed by atoms with Crippen molar-refractivity contribution in [3.63, 3.8) is 0 Å². The summed E-state index contributed by atoms with van der Waals surface area (Å²) in [6, 6.07) is 13.8. The van der Waals surface area contributed by atoms with Crippen LogP contribution in [0, 0.1) is 17.1 Å². The first-order valence-corrected chi connectivity index (χ1v) is 6.55. The van der Waals surface area contributed by atoms with Crippen molar-refractivity contribution in [1.29, 1.82) is 5.26 Å². The van der Waals surface area contributed by atoms with Crippen LogP contribution in [0.5, 0.6) is 0 Å². The van der Waals surface area contributed by atoms with Gasteiger partial charge in [0.05, 0.1) is 17.1 Å². The predicted molar refractivity (Wildman–Crippen MR) is 92.8 cm³/mol. The molecule has 1 atom stereocenters. The molecule has 0 saturated heterocycles. The van der Waals surface area contributed by atoms with Crippen molar-refractivity contribution in [2.75, 3.05) is 0 Å². The van der Waals surface area contributed by atoms with Crippen LogP contribution in [0.2, 0.25) is 0 Å². The second-order valence-electron chi connectivity index (χ2n) is 4.83. The molecule has 0 spiro atoms. The lowest BCUT2D eigenvalue weighted by molar-refractivity contribution is 0.625. The van der Waals surface area contributed by atoms with Gasteiger partial charge in [0.1, 0.15) is 23.3 Å². The zero-order valence-electron chi connectivity index (χ0n) is 12.2. The highest BCUT2D eigenvalue weighted by Crippen LogP contribution is 2.28. The zero-order valence-corrected chi connectivity index (χ0v) is 13.9. The van der Waals surface area contributed by atoms with E-state index in [0.29, 0.717) is 16.9 Å². The van der Waals surface area contributed by atoms with Gasteiger partial charge in [-0.2, -0.15) is 5.26 Å². The van der Waals surface area contributed by atoms with Gasteiger partial charge < -0.3 is 5.73 Å². The maximum atomic E-state index is 13.9. The minimum absolute atomic E-state index is 0. The van der Waals surface area contributed by atoms with E-state index in [0.717, 1.165) is 5.69 Å². The van der Waals surface area contributed by atoms with E-state index in [1.165, 1.54) is 6.07 Å². The summed E-state index contributed by atoms with van der Waals surface area (Å²) in [5.74, 6) is 0.0385. The minimum atomic E-state index is -0.557. The molecule has 0 fully saturated rings. The van der Waals surface area contributed by atoms with E-state index < -0.39 is 5.82 Å². The van der Waals surface area contributed by atoms with Gasteiger partial charge >= 0.3 is 0 Å². The second-order valence-corrected chi connectivity index (χ2v) is 4.83. The van der Waals surface area contributed by atoms with E-state index in [1.807, 2.05) is 43.3 Å². The molecule has 2 aromatic carbocycles. The summed E-state index contributed by atoms with van der Waals surface area (Å²) >= 11 is 0. The smallest absolute Gasteiger partial charge is 0.143 e. The van der Waals surface area contributed by atoms with Crippen molar-refractivity contribution in [2.24, 2.45) is 5.73 Å². The fourth-order valence-corrected chi connectivity index (χ4v) is 2.41. The molecule has 7 heteroatoms. The normalized spacial score (nSPS) is 11.2. The molecule has 0 unspecified atom stereocenters. The Balaban J connectivity index is 0.00000132. The van der Waals surface area contributed by atoms with Crippen LogP contribution in [-0.2, 0) is 0 Å². The van der Waals surface area contributed by atoms with Gasteiger partial charge in [0.15, 0.2) is 0 Å². The minimum Gasteiger partial charge on any atom is -0.322 e. The quantitative estimate of drug-likeness (QED) is 0.760. The molecule has 0 aliphatic carbocycles. The number of hydrogen-bond acceptors (Lipinski definition) is 3. The van der Waals surface area contributed by atoms with E-state index in [9.17, 15) is 9.65 Å². The van der Waals surface area contributed by atoms with Crippen molar-refractivity contribution in [2.45, 2.75) is 13.0 Å². The van der Waals surface area contributed by atoms with E-state index in [2.05, 4.69) is 4.98 Å². The molecule has 0 aliphatic heterocycles. The monoisotopic (exact) mass is 352 g/mol. The van der Waals surface area contributed by atoms with Gasteiger partial charge in [0.25, 0.3) is 0 Å². The van der Waals surface area contributed by atoms with Gasteiger partial charge in [0.2, 0.25) is 0 Å². The zero-order chi connectivity index (χ0) is 15.0. The number of hydrogen-bond donors (Lipinski definition) is 1. The third-order valence-electron chi connectivity index (χ3n) is 3.33. The van der Waals surface area contributed by atoms with Gasteiger partial charge in [-0.25, -0.2) is 9.37 Å². The lowest BCUT2D eigenvalue weighted by Gasteiger charge is -2.12. The first-order chi connectivity index (χ1) is 10.1. The summed E-state index contributed by atoms with van der Waals surface area (Å²) in [6.45, 7) is 1.81. The third-order valence-corrected chi connectivity index (χ3v) is 3.33. The number of nitrogens with zero attached hydrogens (tertiary/aromatic N) is 3. The van der Waals surface area contributed by atoms with Crippen molar-refractivity contribution in [3.05, 3.63) is 59.7 Å². The molecule has 23 heavy (non-hydrogen) atoms. The van der Waals surface area contributed by atoms with Crippen molar-refractivity contribution in [1.82, 2.24) is 9.55 Å². The molecule has 0 amide bonds. The van der Waals surface area contributed by atoms with Crippen LogP contribution in [0.15, 0.2) is 42.5 Å². The van der Waals surface area contributed by atoms with E-state index in [1.54, 1.807) is 10.6 Å². The SMILES string of the molecule is C[C@H](N)c1nc2ccc(F)c(C#N)c2n1-c1ccccc1.Cl.Cl. The number of imidazole rings is 1. The molecule has 0 saturated carbocycles. The van der Waals surface area contributed by atoms with Crippen molar-refractivity contribution < 1.29 is 4.39 Å². The molecular weight excluding hydrogens is 338 g/mol. The van der Waals surface area contributed by atoms with E-state index in [4.69, 9.17) is 5.73 Å². The third kappa shape index (κ3) is 3.15. The average molecular weight is 353 g/mol. The highest BCUT2D eigenvalue weighted by molar-refractivity contribution is 5.86. The van der Waals surface area contributed by atoms with Crippen LogP contribution < -0.4 is 5.73 Å². The summed E-state index contributed by atoms with van der Waals surface area (Å²) < 4.78 is 15.7. The fourth-order valence-electron chi connectivity index (χ4n) is 2.41. The van der Waals surface area contributed by atoms with Gasteiger partial charge in [0, 0.05) is 5.69 Å². The van der Waals surface area contributed by atoms with Crippen LogP contribution in [-0.4, -0.2) is 9.55 Å². The molecule has 0 bridgehead atoms. The number of para-hydroxylation sites is 1. The lowest BCUT2D eigenvalue weighted by Crippen LogP contribution is -2.12. The molecular formula is C16H15Cl2FN4. The Kier molecular flexibility index (Phi) is 6.11. The Hall–Kier alpha value is -2.13. The molecule has 0 radical (unpaired) electrons. The predicted octanol–water partition coefficient (Wildman–Crippen LogP) is 3.90. The summed E-state index contributed by atoms with van der Waals surface area (Å²) in [5.41, 5.74) is 7.78. The summed E-state index contributed by atoms with van der Waals surface area (Å²) in [4.78, 5) is 4.46. The summed E-state index contributed by atoms with van der Waals surface area (Å²) in [5, 5.41) is 9.27. The number of halogens is 3. The average Bonchev–Trinajstić information content (AvgIpc) is 2.88. The maximum Gasteiger partial charge on any atom is 0.143 e. The number of rotatable bonds is 2. The highest BCUT2D eigenvalue weighted by Gasteiger charge is 2.20. The summed E-state index contributed by atoms with van der Waals surface area (Å²) in [7, 11) is 0. The highest BCUT2D eigenvalue weighted by atomic mass is 35.5. The fraction of sp³-hybridized carbons (Fsp3) is 0.125. The molecule has 120 valence electrons. The van der Waals surface area contributed by atoms with Gasteiger partial charge in [-0.15, -0.1) is 24.8 Å². The van der Waals surface area contributed by atoms with Crippen molar-refractivity contribution in [3.8, 4) is 11.8 Å². The van der Waals surface area contributed by atoms with Crippen LogP contribution in [0.1, 0.15) is 24.4 Å². The summed E-state index contributed by atoms with van der Waals surface area (Å²) in [6.07, 6.45) is 0. The van der Waals surface area contributed by atoms with Crippen LogP contribution >= 0.6 is 24.8 Å². The Morgan fingerprint density at radius 2 is 1.83 bits per heavy atom. The second kappa shape index (κ2) is 7.42. The number of benzene rings is 2. The number of fused-ring (bicyclic) bond motifs is 1. The Morgan fingerprint density at radius 1 is 1.17 bits per heavy atom. The number of nitrogens with two attached hydrogens (primary N) is 1. The standard InChI is InChI=1S/C16H13FN4.2ClH/c1-10(19)16-20-14-8-7-13(17)12(9-18)15(14)21(16)11-5-3-2-4-6-11;;/h2-8,10H,19H2,1H3;2*1H/t10-;;/m0../s1. The van der Waals surface area contributed by atoms with Gasteiger partial charge in [-0.05, 0) is 31.2 Å². The molecule has 3 aromatic rings. The van der Waals surface area contributed by atoms with Gasteiger partial charge in [-0.1, -0.05) is 18.2 Å². The molecule has 2 N–H and O–H groups in total. The molecule has 4 nitrogen and oxygen atoms in total. The number of aromatic nitrogens is 2. The maximum absolute atomic E-state index is 13.9. The van der Waals surface area contributed by atoms with Crippen LogP contribution in [0.25, 0.3) is 16.7 Å². The van der Waals surface area contributed by atoms with Crippen LogP contribution in [0.3, 0.4) is 0 Å². The number of nitriles is 1. The molecule has 1 aromatic heterocycles. The lowest BCUT2D eigenvalue weighted by atomic mass is 10.1. The molecule has 1 heterocycles.